The van der Waals surface area contributed by atoms with E-state index in [4.69, 9.17) is 0 Å². The normalized spacial score (nSPS) is 16.6. The maximum absolute atomic E-state index is 14.0. The Morgan fingerprint density at radius 3 is 2.90 bits per heavy atom. The van der Waals surface area contributed by atoms with Crippen LogP contribution in [0.15, 0.2) is 29.4 Å². The molecule has 3 heterocycles. The summed E-state index contributed by atoms with van der Waals surface area (Å²) in [5.41, 5.74) is 2.23. The Kier molecular flexibility index (Phi) is 9.12. The Hall–Kier alpha value is -1.91. The Bertz CT molecular complexity index is 808. The van der Waals surface area contributed by atoms with Crippen molar-refractivity contribution in [3.8, 4) is 0 Å². The number of hydrogen-bond acceptors (Lipinski definition) is 4. The van der Waals surface area contributed by atoms with Crippen molar-refractivity contribution >= 4 is 35.8 Å². The van der Waals surface area contributed by atoms with Crippen LogP contribution in [0.2, 0.25) is 0 Å². The lowest BCUT2D eigenvalue weighted by molar-refractivity contribution is 0.565. The molecule has 0 bridgehead atoms. The molecule has 0 amide bonds. The van der Waals surface area contributed by atoms with E-state index in [0.29, 0.717) is 12.4 Å². The summed E-state index contributed by atoms with van der Waals surface area (Å²) in [4.78, 5) is 10.9. The SMILES string of the molecule is CCNC(=NCCCn1nc(C)cc1C)NC1CCN(c2ncccc2F)C1.I. The van der Waals surface area contributed by atoms with Gasteiger partial charge < -0.3 is 15.5 Å². The number of halogens is 2. The summed E-state index contributed by atoms with van der Waals surface area (Å²) in [5, 5.41) is 11.3. The second-order valence-corrected chi connectivity index (χ2v) is 7.15. The topological polar surface area (TPSA) is 70.4 Å². The number of aliphatic imine (C=N–C) groups is 1. The number of nitrogens with one attached hydrogen (secondary N) is 2. The number of aromatic nitrogens is 3. The molecule has 160 valence electrons. The summed E-state index contributed by atoms with van der Waals surface area (Å²) >= 11 is 0. The van der Waals surface area contributed by atoms with E-state index in [1.165, 1.54) is 11.8 Å². The second-order valence-electron chi connectivity index (χ2n) is 7.15. The highest BCUT2D eigenvalue weighted by Gasteiger charge is 2.25. The van der Waals surface area contributed by atoms with Crippen LogP contribution < -0.4 is 15.5 Å². The number of hydrogen-bond donors (Lipinski definition) is 2. The van der Waals surface area contributed by atoms with Gasteiger partial charge in [0.05, 0.1) is 5.69 Å². The van der Waals surface area contributed by atoms with Crippen molar-refractivity contribution in [2.45, 2.75) is 46.2 Å². The number of guanidine groups is 1. The minimum Gasteiger partial charge on any atom is -0.357 e. The highest BCUT2D eigenvalue weighted by molar-refractivity contribution is 14.0. The molecule has 7 nitrogen and oxygen atoms in total. The van der Waals surface area contributed by atoms with Gasteiger partial charge in [-0.3, -0.25) is 9.67 Å². The zero-order valence-electron chi connectivity index (χ0n) is 17.4. The number of aryl methyl sites for hydroxylation is 3. The van der Waals surface area contributed by atoms with Gasteiger partial charge in [-0.05, 0) is 51.8 Å². The molecule has 1 aliphatic heterocycles. The van der Waals surface area contributed by atoms with Gasteiger partial charge in [-0.2, -0.15) is 5.10 Å². The molecular formula is C20H31FIN7. The molecule has 2 aromatic rings. The van der Waals surface area contributed by atoms with Crippen LogP contribution in [-0.4, -0.2) is 52.9 Å². The molecule has 1 atom stereocenters. The van der Waals surface area contributed by atoms with Crippen LogP contribution in [0.1, 0.15) is 31.2 Å². The molecule has 0 radical (unpaired) electrons. The fraction of sp³-hybridized carbons (Fsp3) is 0.550. The van der Waals surface area contributed by atoms with Crippen LogP contribution in [0.3, 0.4) is 0 Å². The summed E-state index contributed by atoms with van der Waals surface area (Å²) < 4.78 is 16.0. The highest BCUT2D eigenvalue weighted by Crippen LogP contribution is 2.20. The Balaban J connectivity index is 0.00000300. The largest absolute Gasteiger partial charge is 0.357 e. The number of anilines is 1. The van der Waals surface area contributed by atoms with Crippen molar-refractivity contribution in [1.82, 2.24) is 25.4 Å². The first-order chi connectivity index (χ1) is 13.6. The summed E-state index contributed by atoms with van der Waals surface area (Å²) in [5.74, 6) is 0.968. The lowest BCUT2D eigenvalue weighted by Crippen LogP contribution is -2.44. The summed E-state index contributed by atoms with van der Waals surface area (Å²) in [6.07, 6.45) is 3.48. The lowest BCUT2D eigenvalue weighted by Gasteiger charge is -2.20. The van der Waals surface area contributed by atoms with Crippen molar-refractivity contribution in [1.29, 1.82) is 0 Å². The monoisotopic (exact) mass is 515 g/mol. The van der Waals surface area contributed by atoms with Gasteiger partial charge in [-0.25, -0.2) is 9.37 Å². The third-order valence-electron chi connectivity index (χ3n) is 4.81. The van der Waals surface area contributed by atoms with Crippen molar-refractivity contribution < 1.29 is 4.39 Å². The van der Waals surface area contributed by atoms with E-state index in [9.17, 15) is 4.39 Å². The maximum Gasteiger partial charge on any atom is 0.191 e. The van der Waals surface area contributed by atoms with Crippen molar-refractivity contribution in [3.63, 3.8) is 0 Å². The first-order valence-electron chi connectivity index (χ1n) is 9.98. The predicted molar refractivity (Wildman–Crippen MR) is 126 cm³/mol. The van der Waals surface area contributed by atoms with Gasteiger partial charge in [0.1, 0.15) is 0 Å². The van der Waals surface area contributed by atoms with E-state index < -0.39 is 0 Å². The van der Waals surface area contributed by atoms with Crippen LogP contribution in [0.25, 0.3) is 0 Å². The van der Waals surface area contributed by atoms with E-state index in [2.05, 4.69) is 45.6 Å². The summed E-state index contributed by atoms with van der Waals surface area (Å²) in [7, 11) is 0. The standard InChI is InChI=1S/C20H30FN7.HI/c1-4-22-20(24-10-6-11-28-16(3)13-15(2)26-28)25-17-8-12-27(14-17)19-18(21)7-5-9-23-19;/h5,7,9,13,17H,4,6,8,10-12,14H2,1-3H3,(H2,22,24,25);1H. The van der Waals surface area contributed by atoms with Gasteiger partial charge in [-0.1, -0.05) is 0 Å². The smallest absolute Gasteiger partial charge is 0.191 e. The molecule has 2 aromatic heterocycles. The molecule has 1 aliphatic rings. The zero-order valence-corrected chi connectivity index (χ0v) is 19.7. The van der Waals surface area contributed by atoms with Crippen LogP contribution >= 0.6 is 24.0 Å². The number of pyridine rings is 1. The Labute approximate surface area is 189 Å². The zero-order chi connectivity index (χ0) is 19.9. The van der Waals surface area contributed by atoms with E-state index in [0.717, 1.165) is 50.7 Å². The Morgan fingerprint density at radius 2 is 2.21 bits per heavy atom. The van der Waals surface area contributed by atoms with Crippen molar-refractivity contribution in [2.24, 2.45) is 4.99 Å². The third-order valence-corrected chi connectivity index (χ3v) is 4.81. The molecule has 0 aliphatic carbocycles. The number of rotatable bonds is 7. The van der Waals surface area contributed by atoms with Gasteiger partial charge in [0, 0.05) is 50.7 Å². The molecule has 1 fully saturated rings. The minimum absolute atomic E-state index is 0. The summed E-state index contributed by atoms with van der Waals surface area (Å²) in [6.45, 7) is 10.0. The van der Waals surface area contributed by atoms with Crippen LogP contribution in [0.4, 0.5) is 10.2 Å². The average molecular weight is 515 g/mol. The fourth-order valence-electron chi connectivity index (χ4n) is 3.51. The summed E-state index contributed by atoms with van der Waals surface area (Å²) in [6, 6.07) is 5.38. The van der Waals surface area contributed by atoms with Crippen molar-refractivity contribution in [2.75, 3.05) is 31.1 Å². The molecule has 29 heavy (non-hydrogen) atoms. The van der Waals surface area contributed by atoms with Gasteiger partial charge in [0.25, 0.3) is 0 Å². The van der Waals surface area contributed by atoms with E-state index >= 15 is 0 Å². The molecule has 0 spiro atoms. The van der Waals surface area contributed by atoms with E-state index in [1.807, 2.05) is 16.5 Å². The quantitative estimate of drug-likeness (QED) is 0.257. The van der Waals surface area contributed by atoms with Gasteiger partial charge in [0.2, 0.25) is 0 Å². The van der Waals surface area contributed by atoms with Crippen molar-refractivity contribution in [3.05, 3.63) is 41.6 Å². The maximum atomic E-state index is 14.0. The van der Waals surface area contributed by atoms with Gasteiger partial charge in [-0.15, -0.1) is 24.0 Å². The van der Waals surface area contributed by atoms with E-state index in [1.54, 1.807) is 12.3 Å². The molecule has 2 N–H and O–H groups in total. The molecule has 9 heteroatoms. The average Bonchev–Trinajstić information content (AvgIpc) is 3.25. The Morgan fingerprint density at radius 1 is 1.38 bits per heavy atom. The highest BCUT2D eigenvalue weighted by atomic mass is 127. The minimum atomic E-state index is -0.270. The molecule has 1 saturated heterocycles. The van der Waals surface area contributed by atoms with Crippen LogP contribution in [0.5, 0.6) is 0 Å². The first kappa shape index (κ1) is 23.4. The molecule has 1 unspecified atom stereocenters. The lowest BCUT2D eigenvalue weighted by atomic mass is 10.3. The second kappa shape index (κ2) is 11.3. The van der Waals surface area contributed by atoms with E-state index in [-0.39, 0.29) is 35.8 Å². The third kappa shape index (κ3) is 6.55. The molecule has 0 aromatic carbocycles. The first-order valence-corrected chi connectivity index (χ1v) is 9.98. The molecule has 3 rings (SSSR count). The molecular weight excluding hydrogens is 484 g/mol. The predicted octanol–water partition coefficient (Wildman–Crippen LogP) is 2.88. The van der Waals surface area contributed by atoms with Gasteiger partial charge >= 0.3 is 0 Å². The van der Waals surface area contributed by atoms with Gasteiger partial charge in [0.15, 0.2) is 17.6 Å². The fourth-order valence-corrected chi connectivity index (χ4v) is 3.51. The number of nitrogens with zero attached hydrogens (tertiary/aromatic N) is 5. The van der Waals surface area contributed by atoms with Crippen LogP contribution in [0, 0.1) is 19.7 Å². The van der Waals surface area contributed by atoms with Crippen LogP contribution in [-0.2, 0) is 6.54 Å². The molecule has 0 saturated carbocycles.